The molecule has 0 radical (unpaired) electrons. The van der Waals surface area contributed by atoms with Crippen LogP contribution >= 0.6 is 24.0 Å². The maximum Gasteiger partial charge on any atom is 0.139 e. The number of aromatic nitrogens is 2. The van der Waals surface area contributed by atoms with Crippen molar-refractivity contribution in [2.75, 3.05) is 13.2 Å². The molecule has 1 aromatic heterocycles. The fourth-order valence-electron chi connectivity index (χ4n) is 3.32. The summed E-state index contributed by atoms with van der Waals surface area (Å²) < 4.78 is 13.5. The Morgan fingerprint density at radius 3 is 2.78 bits per heavy atom. The molecule has 1 N–H and O–H groups in total. The fraction of sp³-hybridized carbons (Fsp3) is 0.350. The maximum absolute atomic E-state index is 10.5. The number of aliphatic hydroxyl groups is 1. The summed E-state index contributed by atoms with van der Waals surface area (Å²) in [7, 11) is 0. The SMILES string of the molecule is Cl.OC(COc1ccccc1Cl)Cn1c(C2CCCO2)nc2ccccc21. The number of imidazole rings is 1. The van der Waals surface area contributed by atoms with E-state index in [0.717, 1.165) is 36.3 Å². The second-order valence-corrected chi connectivity index (χ2v) is 6.87. The highest BCUT2D eigenvalue weighted by molar-refractivity contribution is 6.32. The average Bonchev–Trinajstić information content (AvgIpc) is 3.29. The maximum atomic E-state index is 10.5. The number of benzene rings is 2. The lowest BCUT2D eigenvalue weighted by Gasteiger charge is -2.18. The number of ether oxygens (including phenoxy) is 2. The summed E-state index contributed by atoms with van der Waals surface area (Å²) in [4.78, 5) is 4.75. The van der Waals surface area contributed by atoms with Gasteiger partial charge in [-0.25, -0.2) is 4.98 Å². The van der Waals surface area contributed by atoms with Crippen LogP contribution in [-0.2, 0) is 11.3 Å². The molecule has 27 heavy (non-hydrogen) atoms. The summed E-state index contributed by atoms with van der Waals surface area (Å²) in [5, 5.41) is 11.1. The second-order valence-electron chi connectivity index (χ2n) is 6.47. The van der Waals surface area contributed by atoms with Crippen LogP contribution in [-0.4, -0.2) is 34.0 Å². The molecule has 5 nitrogen and oxygen atoms in total. The van der Waals surface area contributed by atoms with Gasteiger partial charge < -0.3 is 19.1 Å². The number of fused-ring (bicyclic) bond motifs is 1. The minimum atomic E-state index is -0.691. The lowest BCUT2D eigenvalue weighted by molar-refractivity contribution is 0.0806. The average molecular weight is 409 g/mol. The van der Waals surface area contributed by atoms with Crippen LogP contribution in [0, 0.1) is 0 Å². The summed E-state index contributed by atoms with van der Waals surface area (Å²) >= 11 is 6.10. The molecule has 0 spiro atoms. The Bertz CT molecular complexity index is 894. The van der Waals surface area contributed by atoms with Gasteiger partial charge in [0.15, 0.2) is 0 Å². The predicted molar refractivity (Wildman–Crippen MR) is 108 cm³/mol. The number of aliphatic hydroxyl groups excluding tert-OH is 1. The van der Waals surface area contributed by atoms with Crippen molar-refractivity contribution >= 4 is 35.0 Å². The fourth-order valence-corrected chi connectivity index (χ4v) is 3.51. The summed E-state index contributed by atoms with van der Waals surface area (Å²) in [5.41, 5.74) is 1.91. The molecule has 3 aromatic rings. The first kappa shape index (κ1) is 20.0. The Balaban J connectivity index is 0.00000210. The summed E-state index contributed by atoms with van der Waals surface area (Å²) in [6.07, 6.45) is 1.28. The summed E-state index contributed by atoms with van der Waals surface area (Å²) in [6.45, 7) is 1.30. The number of hydrogen-bond donors (Lipinski definition) is 1. The van der Waals surface area contributed by atoms with Gasteiger partial charge in [-0.3, -0.25) is 0 Å². The molecule has 0 saturated carbocycles. The molecule has 2 aromatic carbocycles. The van der Waals surface area contributed by atoms with Crippen molar-refractivity contribution in [3.63, 3.8) is 0 Å². The van der Waals surface area contributed by atoms with Crippen molar-refractivity contribution in [3.05, 3.63) is 59.4 Å². The highest BCUT2D eigenvalue weighted by Gasteiger charge is 2.25. The number of nitrogens with zero attached hydrogens (tertiary/aromatic N) is 2. The molecule has 1 saturated heterocycles. The largest absolute Gasteiger partial charge is 0.489 e. The van der Waals surface area contributed by atoms with E-state index in [1.165, 1.54) is 0 Å². The van der Waals surface area contributed by atoms with Gasteiger partial charge in [-0.05, 0) is 37.1 Å². The van der Waals surface area contributed by atoms with Gasteiger partial charge in [-0.15, -0.1) is 12.4 Å². The third-order valence-electron chi connectivity index (χ3n) is 4.56. The van der Waals surface area contributed by atoms with Gasteiger partial charge in [0.1, 0.15) is 30.4 Å². The van der Waals surface area contributed by atoms with Crippen molar-refractivity contribution in [1.82, 2.24) is 9.55 Å². The molecule has 0 amide bonds. The Morgan fingerprint density at radius 2 is 2.00 bits per heavy atom. The smallest absolute Gasteiger partial charge is 0.139 e. The molecule has 144 valence electrons. The van der Waals surface area contributed by atoms with Gasteiger partial charge in [0.05, 0.1) is 22.6 Å². The zero-order valence-electron chi connectivity index (χ0n) is 14.8. The zero-order chi connectivity index (χ0) is 17.9. The van der Waals surface area contributed by atoms with E-state index in [1.54, 1.807) is 12.1 Å². The van der Waals surface area contributed by atoms with E-state index < -0.39 is 6.10 Å². The van der Waals surface area contributed by atoms with Crippen LogP contribution in [0.3, 0.4) is 0 Å². The molecular formula is C20H22Cl2N2O3. The molecule has 2 unspecified atom stereocenters. The first-order valence-electron chi connectivity index (χ1n) is 8.84. The summed E-state index contributed by atoms with van der Waals surface area (Å²) in [5.74, 6) is 1.45. The van der Waals surface area contributed by atoms with E-state index in [4.69, 9.17) is 26.1 Å². The number of rotatable bonds is 6. The molecule has 7 heteroatoms. The standard InChI is InChI=1S/C20H21ClN2O3.ClH/c21-15-6-1-4-9-18(15)26-13-14(24)12-23-17-8-3-2-7-16(17)22-20(23)19-10-5-11-25-19;/h1-4,6-9,14,19,24H,5,10-13H2;1H. The highest BCUT2D eigenvalue weighted by atomic mass is 35.5. The number of para-hydroxylation sites is 3. The molecule has 0 aliphatic carbocycles. The van der Waals surface area contributed by atoms with Gasteiger partial charge >= 0.3 is 0 Å². The van der Waals surface area contributed by atoms with E-state index in [2.05, 4.69) is 0 Å². The predicted octanol–water partition coefficient (Wildman–Crippen LogP) is 4.40. The molecule has 2 heterocycles. The van der Waals surface area contributed by atoms with Gasteiger partial charge in [0, 0.05) is 6.61 Å². The molecule has 4 rings (SSSR count). The van der Waals surface area contributed by atoms with E-state index in [9.17, 15) is 5.11 Å². The van der Waals surface area contributed by atoms with Crippen molar-refractivity contribution in [3.8, 4) is 5.75 Å². The molecule has 1 aliphatic heterocycles. The van der Waals surface area contributed by atoms with Crippen LogP contribution in [0.25, 0.3) is 11.0 Å². The Morgan fingerprint density at radius 1 is 1.22 bits per heavy atom. The van der Waals surface area contributed by atoms with E-state index >= 15 is 0 Å². The Hall–Kier alpha value is -1.79. The molecule has 1 fully saturated rings. The minimum Gasteiger partial charge on any atom is -0.489 e. The quantitative estimate of drug-likeness (QED) is 0.656. The lowest BCUT2D eigenvalue weighted by atomic mass is 10.2. The van der Waals surface area contributed by atoms with Gasteiger partial charge in [-0.1, -0.05) is 35.9 Å². The van der Waals surface area contributed by atoms with Crippen molar-refractivity contribution < 1.29 is 14.6 Å². The van der Waals surface area contributed by atoms with Gasteiger partial charge in [-0.2, -0.15) is 0 Å². The Kier molecular flexibility index (Phi) is 6.60. The lowest BCUT2D eigenvalue weighted by Crippen LogP contribution is -2.25. The van der Waals surface area contributed by atoms with Crippen molar-refractivity contribution in [2.45, 2.75) is 31.6 Å². The van der Waals surface area contributed by atoms with Crippen LogP contribution in [0.5, 0.6) is 5.75 Å². The van der Waals surface area contributed by atoms with Crippen LogP contribution in [0.1, 0.15) is 24.8 Å². The monoisotopic (exact) mass is 408 g/mol. The van der Waals surface area contributed by atoms with Crippen LogP contribution < -0.4 is 4.74 Å². The molecule has 2 atom stereocenters. The molecule has 1 aliphatic rings. The number of halogens is 2. The number of hydrogen-bond acceptors (Lipinski definition) is 4. The Labute approximate surface area is 169 Å². The van der Waals surface area contributed by atoms with Crippen LogP contribution in [0.15, 0.2) is 48.5 Å². The van der Waals surface area contributed by atoms with Gasteiger partial charge in [0.2, 0.25) is 0 Å². The highest BCUT2D eigenvalue weighted by Crippen LogP contribution is 2.31. The van der Waals surface area contributed by atoms with Gasteiger partial charge in [0.25, 0.3) is 0 Å². The van der Waals surface area contributed by atoms with E-state index in [-0.39, 0.29) is 25.1 Å². The molecule has 0 bridgehead atoms. The van der Waals surface area contributed by atoms with E-state index in [0.29, 0.717) is 17.3 Å². The topological polar surface area (TPSA) is 56.5 Å². The third-order valence-corrected chi connectivity index (χ3v) is 4.88. The van der Waals surface area contributed by atoms with E-state index in [1.807, 2.05) is 41.0 Å². The first-order chi connectivity index (χ1) is 12.7. The second kappa shape index (κ2) is 8.93. The zero-order valence-corrected chi connectivity index (χ0v) is 16.3. The normalized spacial score (nSPS) is 17.6. The van der Waals surface area contributed by atoms with Crippen LogP contribution in [0.4, 0.5) is 0 Å². The van der Waals surface area contributed by atoms with Crippen LogP contribution in [0.2, 0.25) is 5.02 Å². The van der Waals surface area contributed by atoms with Crippen molar-refractivity contribution in [2.24, 2.45) is 0 Å². The minimum absolute atomic E-state index is 0. The third kappa shape index (κ3) is 4.38. The molecular weight excluding hydrogens is 387 g/mol. The van der Waals surface area contributed by atoms with Crippen molar-refractivity contribution in [1.29, 1.82) is 0 Å². The summed E-state index contributed by atoms with van der Waals surface area (Å²) in [6, 6.07) is 15.2. The first-order valence-corrected chi connectivity index (χ1v) is 9.22.